The first-order valence-corrected chi connectivity index (χ1v) is 13.3. The number of benzene rings is 2. The van der Waals surface area contributed by atoms with Crippen LogP contribution in [0.25, 0.3) is 0 Å². The summed E-state index contributed by atoms with van der Waals surface area (Å²) in [6.45, 7) is 13.7. The second-order valence-corrected chi connectivity index (χ2v) is 11.8. The quantitative estimate of drug-likeness (QED) is 0.390. The van der Waals surface area contributed by atoms with Gasteiger partial charge in [-0.05, 0) is 74.3 Å². The number of amidine groups is 1. The van der Waals surface area contributed by atoms with Crippen molar-refractivity contribution in [2.24, 2.45) is 0 Å². The van der Waals surface area contributed by atoms with E-state index in [-0.39, 0.29) is 35.7 Å². The van der Waals surface area contributed by atoms with Gasteiger partial charge in [0.05, 0.1) is 42.4 Å². The largest absolute Gasteiger partial charge is 0.490 e. The third-order valence-corrected chi connectivity index (χ3v) is 7.84. The molecule has 1 heterocycles. The highest BCUT2D eigenvalue weighted by molar-refractivity contribution is 6.03. The fraction of sp³-hybridized carbons (Fsp3) is 0.533. The smallest absolute Gasteiger partial charge is 0.313 e. The molecular formula is C30H39FN2O5. The molecule has 1 spiro atoms. The van der Waals surface area contributed by atoms with Crippen LogP contribution >= 0.6 is 0 Å². The van der Waals surface area contributed by atoms with E-state index in [1.807, 2.05) is 39.8 Å². The van der Waals surface area contributed by atoms with E-state index in [1.54, 1.807) is 37.8 Å². The standard InChI is InChI=1S/C30H39FN2O5/c1-8-37-22-15-20-23(24(31)25(22)38-9-2)26(32)33(30(20)10-11-30)16-21(34)17-12-18(28(3,4)5)14-19(13-17)29(6,7)27(35)36/h12-15,21,32,34H,8-11,16H2,1-7H3,(H,35,36). The van der Waals surface area contributed by atoms with Crippen LogP contribution in [0.3, 0.4) is 0 Å². The minimum absolute atomic E-state index is 0.00877. The van der Waals surface area contributed by atoms with Crippen LogP contribution in [0.5, 0.6) is 11.5 Å². The Morgan fingerprint density at radius 3 is 2.21 bits per heavy atom. The predicted octanol–water partition coefficient (Wildman–Crippen LogP) is 5.65. The first-order chi connectivity index (χ1) is 17.7. The number of carboxylic acids is 1. The summed E-state index contributed by atoms with van der Waals surface area (Å²) in [6, 6.07) is 7.32. The van der Waals surface area contributed by atoms with Gasteiger partial charge in [-0.3, -0.25) is 10.2 Å². The molecule has 3 N–H and O–H groups in total. The molecule has 8 heteroatoms. The number of rotatable bonds is 9. The molecule has 1 aliphatic carbocycles. The Labute approximate surface area is 224 Å². The molecule has 2 aromatic rings. The van der Waals surface area contributed by atoms with Crippen molar-refractivity contribution in [3.05, 3.63) is 57.9 Å². The predicted molar refractivity (Wildman–Crippen MR) is 144 cm³/mol. The number of hydrogen-bond donors (Lipinski definition) is 3. The SMILES string of the molecule is CCOc1cc2c(c(F)c1OCC)C(=N)N(CC(O)c1cc(C(C)(C)C)cc(C(C)(C)C(=O)O)c1)C21CC1. The minimum atomic E-state index is -1.15. The van der Waals surface area contributed by atoms with Crippen molar-refractivity contribution in [3.8, 4) is 11.5 Å². The van der Waals surface area contributed by atoms with Gasteiger partial charge >= 0.3 is 5.97 Å². The van der Waals surface area contributed by atoms with E-state index in [0.29, 0.717) is 29.0 Å². The highest BCUT2D eigenvalue weighted by atomic mass is 19.1. The van der Waals surface area contributed by atoms with Crippen molar-refractivity contribution < 1.29 is 28.9 Å². The van der Waals surface area contributed by atoms with Gasteiger partial charge in [0.25, 0.3) is 0 Å². The molecular weight excluding hydrogens is 487 g/mol. The number of halogens is 1. The van der Waals surface area contributed by atoms with Gasteiger partial charge < -0.3 is 24.6 Å². The number of carboxylic acid groups (broad SMARTS) is 1. The summed E-state index contributed by atoms with van der Waals surface area (Å²) < 4.78 is 27.0. The van der Waals surface area contributed by atoms with Crippen LogP contribution in [0.2, 0.25) is 0 Å². The number of aliphatic carboxylic acids is 1. The van der Waals surface area contributed by atoms with Gasteiger partial charge in [0.15, 0.2) is 17.3 Å². The summed E-state index contributed by atoms with van der Waals surface area (Å²) in [5.41, 5.74) is 0.963. The Balaban J connectivity index is 1.74. The number of hydrogen-bond acceptors (Lipinski definition) is 5. The van der Waals surface area contributed by atoms with E-state index in [4.69, 9.17) is 14.9 Å². The highest BCUT2D eigenvalue weighted by Crippen LogP contribution is 2.59. The van der Waals surface area contributed by atoms with Crippen molar-refractivity contribution in [2.75, 3.05) is 19.8 Å². The number of aliphatic hydroxyl groups is 1. The van der Waals surface area contributed by atoms with Crippen molar-refractivity contribution in [1.82, 2.24) is 4.90 Å². The van der Waals surface area contributed by atoms with Crippen LogP contribution in [0.1, 0.15) is 95.2 Å². The van der Waals surface area contributed by atoms with Gasteiger partial charge in [0, 0.05) is 0 Å². The van der Waals surface area contributed by atoms with Crippen LogP contribution in [0, 0.1) is 11.2 Å². The van der Waals surface area contributed by atoms with Crippen LogP contribution in [0.4, 0.5) is 4.39 Å². The van der Waals surface area contributed by atoms with E-state index in [1.165, 1.54) is 0 Å². The monoisotopic (exact) mass is 526 g/mol. The lowest BCUT2D eigenvalue weighted by molar-refractivity contribution is -0.142. The fourth-order valence-corrected chi connectivity index (χ4v) is 5.21. The van der Waals surface area contributed by atoms with Crippen LogP contribution in [0.15, 0.2) is 24.3 Å². The Bertz CT molecular complexity index is 1280. The topological polar surface area (TPSA) is 103 Å². The maximum atomic E-state index is 15.8. The zero-order valence-corrected chi connectivity index (χ0v) is 23.4. The van der Waals surface area contributed by atoms with Crippen molar-refractivity contribution in [1.29, 1.82) is 5.41 Å². The maximum absolute atomic E-state index is 15.8. The molecule has 1 saturated carbocycles. The number of carbonyl (C=O) groups is 1. The normalized spacial score (nSPS) is 17.0. The number of nitrogens with one attached hydrogen (secondary N) is 1. The molecule has 1 atom stereocenters. The van der Waals surface area contributed by atoms with Crippen LogP contribution < -0.4 is 9.47 Å². The summed E-state index contributed by atoms with van der Waals surface area (Å²) in [5.74, 6) is -1.22. The molecule has 0 amide bonds. The molecule has 1 aliphatic heterocycles. The average molecular weight is 527 g/mol. The number of fused-ring (bicyclic) bond motifs is 2. The molecule has 4 rings (SSSR count). The minimum Gasteiger partial charge on any atom is -0.490 e. The molecule has 38 heavy (non-hydrogen) atoms. The summed E-state index contributed by atoms with van der Waals surface area (Å²) in [6.07, 6.45) is 0.439. The lowest BCUT2D eigenvalue weighted by Crippen LogP contribution is -2.37. The number of nitrogens with zero attached hydrogens (tertiary/aromatic N) is 1. The Morgan fingerprint density at radius 2 is 1.68 bits per heavy atom. The molecule has 0 radical (unpaired) electrons. The van der Waals surface area contributed by atoms with Gasteiger partial charge in [0.1, 0.15) is 5.84 Å². The fourth-order valence-electron chi connectivity index (χ4n) is 5.21. The lowest BCUT2D eigenvalue weighted by atomic mass is 9.78. The second kappa shape index (κ2) is 9.56. The van der Waals surface area contributed by atoms with Gasteiger partial charge in [-0.1, -0.05) is 39.0 Å². The molecule has 1 fully saturated rings. The Kier molecular flexibility index (Phi) is 7.02. The zero-order valence-electron chi connectivity index (χ0n) is 23.4. The maximum Gasteiger partial charge on any atom is 0.313 e. The molecule has 0 aromatic heterocycles. The van der Waals surface area contributed by atoms with Gasteiger partial charge in [-0.15, -0.1) is 0 Å². The molecule has 0 bridgehead atoms. The van der Waals surface area contributed by atoms with E-state index in [9.17, 15) is 15.0 Å². The molecule has 1 unspecified atom stereocenters. The van der Waals surface area contributed by atoms with Crippen LogP contribution in [-0.2, 0) is 21.2 Å². The second-order valence-electron chi connectivity index (χ2n) is 11.8. The highest BCUT2D eigenvalue weighted by Gasteiger charge is 2.58. The van der Waals surface area contributed by atoms with Gasteiger partial charge in [0.2, 0.25) is 0 Å². The van der Waals surface area contributed by atoms with Gasteiger partial charge in [-0.2, -0.15) is 0 Å². The lowest BCUT2D eigenvalue weighted by Gasteiger charge is -2.31. The van der Waals surface area contributed by atoms with E-state index in [2.05, 4.69) is 0 Å². The van der Waals surface area contributed by atoms with Crippen molar-refractivity contribution in [3.63, 3.8) is 0 Å². The first-order valence-electron chi connectivity index (χ1n) is 13.3. The van der Waals surface area contributed by atoms with Gasteiger partial charge in [-0.25, -0.2) is 4.39 Å². The first kappa shape index (κ1) is 27.9. The van der Waals surface area contributed by atoms with Crippen molar-refractivity contribution >= 4 is 11.8 Å². The molecule has 0 saturated heterocycles. The number of aliphatic hydroxyl groups excluding tert-OH is 1. The van der Waals surface area contributed by atoms with E-state index < -0.39 is 28.8 Å². The molecule has 7 nitrogen and oxygen atoms in total. The molecule has 206 valence electrons. The van der Waals surface area contributed by atoms with Crippen LogP contribution in [-0.4, -0.2) is 46.7 Å². The number of β-amino-alcohol motifs (C(OH)–C–C–N with tert-alkyl or cyclic N) is 1. The third-order valence-electron chi connectivity index (χ3n) is 7.84. The van der Waals surface area contributed by atoms with E-state index >= 15 is 4.39 Å². The Hall–Kier alpha value is -3.13. The summed E-state index contributed by atoms with van der Waals surface area (Å²) in [7, 11) is 0. The summed E-state index contributed by atoms with van der Waals surface area (Å²) in [4.78, 5) is 13.8. The third kappa shape index (κ3) is 4.53. The van der Waals surface area contributed by atoms with Crippen molar-refractivity contribution in [2.45, 2.75) is 83.8 Å². The molecule has 2 aromatic carbocycles. The zero-order chi connectivity index (χ0) is 28.2. The summed E-state index contributed by atoms with van der Waals surface area (Å²) >= 11 is 0. The van der Waals surface area contributed by atoms with E-state index in [0.717, 1.165) is 18.4 Å². The molecule has 2 aliphatic rings. The summed E-state index contributed by atoms with van der Waals surface area (Å²) in [5, 5.41) is 30.2. The number of ether oxygens (including phenoxy) is 2. The average Bonchev–Trinajstić information content (AvgIpc) is 3.61. The Morgan fingerprint density at radius 1 is 1.08 bits per heavy atom.